The van der Waals surface area contributed by atoms with Crippen LogP contribution in [0.3, 0.4) is 0 Å². The maximum atomic E-state index is 12.9. The van der Waals surface area contributed by atoms with Crippen LogP contribution in [0.15, 0.2) is 35.2 Å². The SMILES string of the molecule is Cc1cc(C)c(S(=O)(=O)N2CC(Oc3cccc(C(F)(F)F)n3)C2)c(C)c1. The van der Waals surface area contributed by atoms with Gasteiger partial charge in [-0.15, -0.1) is 0 Å². The number of sulfonamides is 1. The number of hydrogen-bond donors (Lipinski definition) is 0. The number of ether oxygens (including phenoxy) is 1. The first-order valence-electron chi connectivity index (χ1n) is 8.27. The molecule has 2 heterocycles. The van der Waals surface area contributed by atoms with Crippen molar-refractivity contribution in [1.82, 2.24) is 9.29 Å². The van der Waals surface area contributed by atoms with Crippen molar-refractivity contribution in [3.8, 4) is 5.88 Å². The zero-order valence-corrected chi connectivity index (χ0v) is 15.9. The monoisotopic (exact) mass is 400 g/mol. The molecule has 0 unspecified atom stereocenters. The molecule has 5 nitrogen and oxygen atoms in total. The van der Waals surface area contributed by atoms with Crippen LogP contribution in [-0.4, -0.2) is 36.9 Å². The Kier molecular flexibility index (Phi) is 4.94. The molecule has 146 valence electrons. The summed E-state index contributed by atoms with van der Waals surface area (Å²) in [6.45, 7) is 5.51. The van der Waals surface area contributed by atoms with Gasteiger partial charge < -0.3 is 4.74 Å². The van der Waals surface area contributed by atoms with E-state index in [1.807, 2.05) is 6.92 Å². The predicted octanol–water partition coefficient (Wildman–Crippen LogP) is 3.48. The molecule has 3 rings (SSSR count). The van der Waals surface area contributed by atoms with Gasteiger partial charge in [-0.25, -0.2) is 13.4 Å². The molecule has 1 aromatic carbocycles. The third kappa shape index (κ3) is 3.93. The Morgan fingerprint density at radius 3 is 2.26 bits per heavy atom. The van der Waals surface area contributed by atoms with Gasteiger partial charge >= 0.3 is 6.18 Å². The van der Waals surface area contributed by atoms with Crippen molar-refractivity contribution in [3.05, 3.63) is 52.7 Å². The molecule has 0 spiro atoms. The lowest BCUT2D eigenvalue weighted by Gasteiger charge is -2.38. The summed E-state index contributed by atoms with van der Waals surface area (Å²) >= 11 is 0. The molecule has 9 heteroatoms. The summed E-state index contributed by atoms with van der Waals surface area (Å²) in [5, 5.41) is 0. The first-order chi connectivity index (χ1) is 12.5. The van der Waals surface area contributed by atoms with Gasteiger partial charge in [-0.3, -0.25) is 0 Å². The van der Waals surface area contributed by atoms with Crippen molar-refractivity contribution in [2.75, 3.05) is 13.1 Å². The third-order valence-electron chi connectivity index (χ3n) is 4.32. The van der Waals surface area contributed by atoms with Gasteiger partial charge in [-0.05, 0) is 38.0 Å². The smallest absolute Gasteiger partial charge is 0.433 e. The van der Waals surface area contributed by atoms with Crippen LogP contribution in [0.2, 0.25) is 0 Å². The zero-order valence-electron chi connectivity index (χ0n) is 15.0. The molecule has 27 heavy (non-hydrogen) atoms. The number of hydrogen-bond acceptors (Lipinski definition) is 4. The second-order valence-corrected chi connectivity index (χ2v) is 8.52. The molecule has 1 aromatic heterocycles. The Morgan fingerprint density at radius 2 is 1.70 bits per heavy atom. The molecule has 1 aliphatic rings. The highest BCUT2D eigenvalue weighted by Gasteiger charge is 2.40. The van der Waals surface area contributed by atoms with E-state index >= 15 is 0 Å². The summed E-state index contributed by atoms with van der Waals surface area (Å²) in [5.41, 5.74) is 1.26. The Morgan fingerprint density at radius 1 is 1.11 bits per heavy atom. The highest BCUT2D eigenvalue weighted by Crippen LogP contribution is 2.31. The first-order valence-corrected chi connectivity index (χ1v) is 9.71. The van der Waals surface area contributed by atoms with E-state index in [9.17, 15) is 21.6 Å². The van der Waals surface area contributed by atoms with Crippen molar-refractivity contribution < 1.29 is 26.3 Å². The average molecular weight is 400 g/mol. The minimum Gasteiger partial charge on any atom is -0.472 e. The molecule has 0 radical (unpaired) electrons. The summed E-state index contributed by atoms with van der Waals surface area (Å²) in [4.78, 5) is 3.70. The molecular formula is C18H19F3N2O3S. The lowest BCUT2D eigenvalue weighted by molar-refractivity contribution is -0.141. The lowest BCUT2D eigenvalue weighted by atomic mass is 10.1. The number of halogens is 3. The Balaban J connectivity index is 1.71. The zero-order chi connectivity index (χ0) is 20.0. The van der Waals surface area contributed by atoms with Crippen molar-refractivity contribution in [1.29, 1.82) is 0 Å². The van der Waals surface area contributed by atoms with Crippen LogP contribution in [0, 0.1) is 20.8 Å². The van der Waals surface area contributed by atoms with Gasteiger partial charge in [0.1, 0.15) is 11.8 Å². The van der Waals surface area contributed by atoms with Crippen molar-refractivity contribution in [2.24, 2.45) is 0 Å². The second kappa shape index (κ2) is 6.79. The van der Waals surface area contributed by atoms with E-state index in [2.05, 4.69) is 4.98 Å². The van der Waals surface area contributed by atoms with Crippen LogP contribution in [0.25, 0.3) is 0 Å². The number of benzene rings is 1. The Bertz CT molecular complexity index is 945. The van der Waals surface area contributed by atoms with Crippen LogP contribution in [0.4, 0.5) is 13.2 Å². The fourth-order valence-electron chi connectivity index (χ4n) is 3.18. The fourth-order valence-corrected chi connectivity index (χ4v) is 5.10. The summed E-state index contributed by atoms with van der Waals surface area (Å²) in [7, 11) is -3.68. The van der Waals surface area contributed by atoms with E-state index in [4.69, 9.17) is 4.74 Å². The molecule has 2 aromatic rings. The molecule has 0 saturated carbocycles. The van der Waals surface area contributed by atoms with Crippen molar-refractivity contribution in [2.45, 2.75) is 37.9 Å². The van der Waals surface area contributed by atoms with Gasteiger partial charge in [-0.1, -0.05) is 23.8 Å². The van der Waals surface area contributed by atoms with Crippen LogP contribution < -0.4 is 4.74 Å². The number of pyridine rings is 1. The highest BCUT2D eigenvalue weighted by atomic mass is 32.2. The summed E-state index contributed by atoms with van der Waals surface area (Å²) in [6.07, 6.45) is -5.10. The largest absolute Gasteiger partial charge is 0.472 e. The Labute approximate surface area is 155 Å². The minimum atomic E-state index is -4.56. The van der Waals surface area contributed by atoms with E-state index in [1.165, 1.54) is 16.4 Å². The van der Waals surface area contributed by atoms with Crippen LogP contribution >= 0.6 is 0 Å². The lowest BCUT2D eigenvalue weighted by Crippen LogP contribution is -2.56. The molecule has 0 aliphatic carbocycles. The first kappa shape index (κ1) is 19.6. The third-order valence-corrected chi connectivity index (χ3v) is 6.46. The molecule has 0 bridgehead atoms. The number of aryl methyl sites for hydroxylation is 3. The van der Waals surface area contributed by atoms with E-state index in [-0.39, 0.29) is 23.9 Å². The molecule has 0 amide bonds. The molecule has 0 N–H and O–H groups in total. The van der Waals surface area contributed by atoms with E-state index < -0.39 is 28.0 Å². The van der Waals surface area contributed by atoms with Gasteiger partial charge in [-0.2, -0.15) is 17.5 Å². The predicted molar refractivity (Wildman–Crippen MR) is 93.1 cm³/mol. The van der Waals surface area contributed by atoms with Crippen LogP contribution in [0.5, 0.6) is 5.88 Å². The van der Waals surface area contributed by atoms with Crippen molar-refractivity contribution >= 4 is 10.0 Å². The maximum Gasteiger partial charge on any atom is 0.433 e. The maximum absolute atomic E-state index is 12.9. The topological polar surface area (TPSA) is 59.5 Å². The second-order valence-electron chi connectivity index (χ2n) is 6.65. The van der Waals surface area contributed by atoms with E-state index in [0.717, 1.165) is 11.6 Å². The van der Waals surface area contributed by atoms with Gasteiger partial charge in [0.05, 0.1) is 18.0 Å². The van der Waals surface area contributed by atoms with Gasteiger partial charge in [0, 0.05) is 6.07 Å². The van der Waals surface area contributed by atoms with Gasteiger partial charge in [0.2, 0.25) is 15.9 Å². The quantitative estimate of drug-likeness (QED) is 0.789. The summed E-state index contributed by atoms with van der Waals surface area (Å²) in [5.74, 6) is -0.172. The normalized spacial score (nSPS) is 16.2. The summed E-state index contributed by atoms with van der Waals surface area (Å²) < 4.78 is 70.5. The Hall–Kier alpha value is -2.13. The number of aromatic nitrogens is 1. The molecule has 0 atom stereocenters. The highest BCUT2D eigenvalue weighted by molar-refractivity contribution is 7.89. The number of alkyl halides is 3. The number of nitrogens with zero attached hydrogens (tertiary/aromatic N) is 2. The standard InChI is InChI=1S/C18H19F3N2O3S/c1-11-7-12(2)17(13(3)8-11)27(24,25)23-9-14(10-23)26-16-6-4-5-15(22-16)18(19,20)21/h4-8,14H,9-10H2,1-3H3. The van der Waals surface area contributed by atoms with Gasteiger partial charge in [0.25, 0.3) is 0 Å². The summed E-state index contributed by atoms with van der Waals surface area (Å²) in [6, 6.07) is 6.99. The van der Waals surface area contributed by atoms with E-state index in [1.54, 1.807) is 26.0 Å². The van der Waals surface area contributed by atoms with Crippen molar-refractivity contribution in [3.63, 3.8) is 0 Å². The van der Waals surface area contributed by atoms with E-state index in [0.29, 0.717) is 11.1 Å². The molecular weight excluding hydrogens is 381 g/mol. The molecule has 1 saturated heterocycles. The van der Waals surface area contributed by atoms with Crippen LogP contribution in [0.1, 0.15) is 22.4 Å². The molecule has 1 fully saturated rings. The fraction of sp³-hybridized carbons (Fsp3) is 0.389. The van der Waals surface area contributed by atoms with Crippen LogP contribution in [-0.2, 0) is 16.2 Å². The van der Waals surface area contributed by atoms with Gasteiger partial charge in [0.15, 0.2) is 0 Å². The minimum absolute atomic E-state index is 0.0625. The molecule has 1 aliphatic heterocycles. The number of rotatable bonds is 4. The average Bonchev–Trinajstić information content (AvgIpc) is 2.48.